The summed E-state index contributed by atoms with van der Waals surface area (Å²) in [5.41, 5.74) is 3.18. The summed E-state index contributed by atoms with van der Waals surface area (Å²) in [5.74, 6) is 1.10. The van der Waals surface area contributed by atoms with Crippen LogP contribution < -0.4 is 5.32 Å². The maximum atomic E-state index is 4.40. The fourth-order valence-electron chi connectivity index (χ4n) is 2.36. The lowest BCUT2D eigenvalue weighted by molar-refractivity contribution is 0.605. The number of aromatic nitrogens is 2. The van der Waals surface area contributed by atoms with Crippen molar-refractivity contribution in [2.75, 3.05) is 11.9 Å². The Hall–Kier alpha value is -1.12. The smallest absolute Gasteiger partial charge is 0.132 e. The Morgan fingerprint density at radius 2 is 2.06 bits per heavy atom. The van der Waals surface area contributed by atoms with Crippen LogP contribution in [0.4, 0.5) is 5.82 Å². The molecule has 0 aromatic carbocycles. The van der Waals surface area contributed by atoms with Gasteiger partial charge in [0.15, 0.2) is 0 Å². The summed E-state index contributed by atoms with van der Waals surface area (Å²) in [4.78, 5) is 8.79. The molecule has 0 saturated heterocycles. The second-order valence-corrected chi connectivity index (χ2v) is 5.52. The van der Waals surface area contributed by atoms with E-state index in [1.807, 2.05) is 0 Å². The first-order valence-electron chi connectivity index (χ1n) is 6.33. The predicted molar refractivity (Wildman–Crippen MR) is 64.5 cm³/mol. The lowest BCUT2D eigenvalue weighted by Crippen LogP contribution is -2.17. The molecule has 0 aliphatic heterocycles. The topological polar surface area (TPSA) is 37.8 Å². The van der Waals surface area contributed by atoms with Crippen LogP contribution in [-0.4, -0.2) is 16.5 Å². The average molecular weight is 217 g/mol. The van der Waals surface area contributed by atoms with Gasteiger partial charge in [0.25, 0.3) is 0 Å². The van der Waals surface area contributed by atoms with Gasteiger partial charge in [0, 0.05) is 17.8 Å². The highest BCUT2D eigenvalue weighted by molar-refractivity contribution is 5.47. The van der Waals surface area contributed by atoms with Crippen LogP contribution in [-0.2, 0) is 12.8 Å². The van der Waals surface area contributed by atoms with Crippen LogP contribution in [0.1, 0.15) is 43.9 Å². The van der Waals surface area contributed by atoms with Crippen molar-refractivity contribution in [2.24, 2.45) is 5.41 Å². The Bertz CT molecular complexity index is 396. The zero-order valence-electron chi connectivity index (χ0n) is 9.92. The molecule has 2 aliphatic rings. The van der Waals surface area contributed by atoms with Gasteiger partial charge in [-0.15, -0.1) is 0 Å². The Kier molecular flexibility index (Phi) is 2.34. The van der Waals surface area contributed by atoms with Crippen molar-refractivity contribution in [3.63, 3.8) is 0 Å². The first kappa shape index (κ1) is 10.1. The Morgan fingerprint density at radius 1 is 1.25 bits per heavy atom. The van der Waals surface area contributed by atoms with Gasteiger partial charge in [-0.3, -0.25) is 0 Å². The van der Waals surface area contributed by atoms with Gasteiger partial charge >= 0.3 is 0 Å². The zero-order chi connectivity index (χ0) is 11.0. The molecule has 1 aromatic heterocycles. The SMILES string of the molecule is CC1(CNc2ncnc3c2CCCC3)CC1. The van der Waals surface area contributed by atoms with Crippen LogP contribution in [0.15, 0.2) is 6.33 Å². The molecular formula is C13H19N3. The molecule has 1 fully saturated rings. The van der Waals surface area contributed by atoms with Crippen molar-refractivity contribution >= 4 is 5.82 Å². The van der Waals surface area contributed by atoms with E-state index in [2.05, 4.69) is 22.2 Å². The van der Waals surface area contributed by atoms with Crippen molar-refractivity contribution in [3.8, 4) is 0 Å². The van der Waals surface area contributed by atoms with Gasteiger partial charge in [-0.25, -0.2) is 9.97 Å². The van der Waals surface area contributed by atoms with E-state index < -0.39 is 0 Å². The van der Waals surface area contributed by atoms with Crippen molar-refractivity contribution in [1.29, 1.82) is 0 Å². The van der Waals surface area contributed by atoms with E-state index in [0.29, 0.717) is 5.41 Å². The van der Waals surface area contributed by atoms with Gasteiger partial charge in [-0.05, 0) is 43.9 Å². The quantitative estimate of drug-likeness (QED) is 0.845. The Morgan fingerprint density at radius 3 is 2.88 bits per heavy atom. The molecule has 0 radical (unpaired) electrons. The third kappa shape index (κ3) is 1.91. The maximum absolute atomic E-state index is 4.40. The van der Waals surface area contributed by atoms with Crippen molar-refractivity contribution < 1.29 is 0 Å². The summed E-state index contributed by atoms with van der Waals surface area (Å²) in [6.45, 7) is 3.41. The zero-order valence-corrected chi connectivity index (χ0v) is 9.92. The lowest BCUT2D eigenvalue weighted by atomic mass is 9.96. The number of nitrogens with zero attached hydrogens (tertiary/aromatic N) is 2. The maximum Gasteiger partial charge on any atom is 0.132 e. The Balaban J connectivity index is 1.78. The molecule has 0 atom stereocenters. The van der Waals surface area contributed by atoms with Crippen molar-refractivity contribution in [2.45, 2.75) is 45.4 Å². The molecule has 1 heterocycles. The predicted octanol–water partition coefficient (Wildman–Crippen LogP) is 2.57. The second-order valence-electron chi connectivity index (χ2n) is 5.52. The van der Waals surface area contributed by atoms with E-state index in [9.17, 15) is 0 Å². The van der Waals surface area contributed by atoms with Gasteiger partial charge in [0.2, 0.25) is 0 Å². The molecule has 86 valence electrons. The van der Waals surface area contributed by atoms with E-state index in [-0.39, 0.29) is 0 Å². The highest BCUT2D eigenvalue weighted by Crippen LogP contribution is 2.44. The minimum atomic E-state index is 0.534. The third-order valence-corrected chi connectivity index (χ3v) is 3.91. The summed E-state index contributed by atoms with van der Waals surface area (Å²) in [5, 5.41) is 3.52. The molecule has 0 spiro atoms. The molecule has 3 nitrogen and oxygen atoms in total. The number of aryl methyl sites for hydroxylation is 1. The summed E-state index contributed by atoms with van der Waals surface area (Å²) < 4.78 is 0. The largest absolute Gasteiger partial charge is 0.369 e. The highest BCUT2D eigenvalue weighted by Gasteiger charge is 2.37. The molecule has 0 bridgehead atoms. The summed E-state index contributed by atoms with van der Waals surface area (Å²) in [7, 11) is 0. The van der Waals surface area contributed by atoms with Crippen molar-refractivity contribution in [3.05, 3.63) is 17.6 Å². The number of rotatable bonds is 3. The van der Waals surface area contributed by atoms with E-state index in [1.165, 1.54) is 36.9 Å². The van der Waals surface area contributed by atoms with Gasteiger partial charge < -0.3 is 5.32 Å². The van der Waals surface area contributed by atoms with E-state index in [4.69, 9.17) is 0 Å². The van der Waals surface area contributed by atoms with Crippen LogP contribution >= 0.6 is 0 Å². The number of fused-ring (bicyclic) bond motifs is 1. The van der Waals surface area contributed by atoms with Crippen LogP contribution in [0, 0.1) is 5.41 Å². The van der Waals surface area contributed by atoms with E-state index in [0.717, 1.165) is 25.2 Å². The normalized spacial score (nSPS) is 21.3. The summed E-state index contributed by atoms with van der Waals surface area (Å²) >= 11 is 0. The third-order valence-electron chi connectivity index (χ3n) is 3.91. The molecule has 0 unspecified atom stereocenters. The fourth-order valence-corrected chi connectivity index (χ4v) is 2.36. The van der Waals surface area contributed by atoms with Crippen LogP contribution in [0.25, 0.3) is 0 Å². The first-order valence-corrected chi connectivity index (χ1v) is 6.33. The average Bonchev–Trinajstić information content (AvgIpc) is 3.05. The molecular weight excluding hydrogens is 198 g/mol. The summed E-state index contributed by atoms with van der Waals surface area (Å²) in [6.07, 6.45) is 9.26. The molecule has 2 aliphatic carbocycles. The lowest BCUT2D eigenvalue weighted by Gasteiger charge is -2.19. The van der Waals surface area contributed by atoms with E-state index in [1.54, 1.807) is 6.33 Å². The Labute approximate surface area is 96.7 Å². The molecule has 0 amide bonds. The molecule has 3 heteroatoms. The molecule has 16 heavy (non-hydrogen) atoms. The minimum absolute atomic E-state index is 0.534. The molecule has 1 N–H and O–H groups in total. The standard InChI is InChI=1S/C13H19N3/c1-13(6-7-13)8-14-12-10-4-2-3-5-11(10)15-9-16-12/h9H,2-8H2,1H3,(H,14,15,16). The number of anilines is 1. The van der Waals surface area contributed by atoms with Gasteiger partial charge in [-0.2, -0.15) is 0 Å². The van der Waals surface area contributed by atoms with Crippen LogP contribution in [0.2, 0.25) is 0 Å². The van der Waals surface area contributed by atoms with Gasteiger partial charge in [0.05, 0.1) is 0 Å². The monoisotopic (exact) mass is 217 g/mol. The van der Waals surface area contributed by atoms with Crippen molar-refractivity contribution in [1.82, 2.24) is 9.97 Å². The minimum Gasteiger partial charge on any atom is -0.369 e. The summed E-state index contributed by atoms with van der Waals surface area (Å²) in [6, 6.07) is 0. The fraction of sp³-hybridized carbons (Fsp3) is 0.692. The molecule has 3 rings (SSSR count). The number of hydrogen-bond acceptors (Lipinski definition) is 3. The molecule has 1 saturated carbocycles. The highest BCUT2D eigenvalue weighted by atomic mass is 15.0. The second kappa shape index (κ2) is 3.72. The molecule has 1 aromatic rings. The van der Waals surface area contributed by atoms with Gasteiger partial charge in [0.1, 0.15) is 12.1 Å². The van der Waals surface area contributed by atoms with Gasteiger partial charge in [-0.1, -0.05) is 6.92 Å². The van der Waals surface area contributed by atoms with Crippen LogP contribution in [0.5, 0.6) is 0 Å². The van der Waals surface area contributed by atoms with E-state index >= 15 is 0 Å². The van der Waals surface area contributed by atoms with Crippen LogP contribution in [0.3, 0.4) is 0 Å². The number of nitrogens with one attached hydrogen (secondary N) is 1. The first-order chi connectivity index (χ1) is 7.77. The number of hydrogen-bond donors (Lipinski definition) is 1.